The highest BCUT2D eigenvalue weighted by atomic mass is 19.1. The molecule has 174 valence electrons. The summed E-state index contributed by atoms with van der Waals surface area (Å²) in [6, 6.07) is 6.66. The number of rotatable bonds is 7. The van der Waals surface area contributed by atoms with Crippen LogP contribution in [0.5, 0.6) is 0 Å². The number of anilines is 2. The SMILES string of the molecule is CC(C)c1ccc(-c2noc([C@@H](C)Nc3ncc(F)c(N4C(=O)OC[C@@H]4[C@@H](C)O)n3)n2)cc1. The lowest BCUT2D eigenvalue weighted by molar-refractivity contribution is 0.142. The molecule has 11 heteroatoms. The van der Waals surface area contributed by atoms with Crippen LogP contribution in [0.4, 0.5) is 21.0 Å². The summed E-state index contributed by atoms with van der Waals surface area (Å²) in [5, 5.41) is 16.9. The van der Waals surface area contributed by atoms with Crippen LogP contribution in [0.2, 0.25) is 0 Å². The largest absolute Gasteiger partial charge is 0.447 e. The smallest absolute Gasteiger partial charge is 0.416 e. The third-order valence-electron chi connectivity index (χ3n) is 5.41. The Balaban J connectivity index is 1.52. The maximum atomic E-state index is 14.4. The average Bonchev–Trinajstić information content (AvgIpc) is 3.42. The highest BCUT2D eigenvalue weighted by Crippen LogP contribution is 2.28. The molecule has 33 heavy (non-hydrogen) atoms. The van der Waals surface area contributed by atoms with Gasteiger partial charge in [0.05, 0.1) is 12.3 Å². The number of hydrogen-bond acceptors (Lipinski definition) is 9. The number of amides is 1. The molecule has 3 atom stereocenters. The maximum absolute atomic E-state index is 14.4. The van der Waals surface area contributed by atoms with E-state index in [-0.39, 0.29) is 24.3 Å². The molecule has 2 N–H and O–H groups in total. The molecule has 0 aliphatic carbocycles. The minimum absolute atomic E-state index is 0.0454. The molecule has 0 bridgehead atoms. The Labute approximate surface area is 189 Å². The van der Waals surface area contributed by atoms with Gasteiger partial charge in [-0.05, 0) is 25.3 Å². The van der Waals surface area contributed by atoms with E-state index in [2.05, 4.69) is 39.3 Å². The summed E-state index contributed by atoms with van der Waals surface area (Å²) < 4.78 is 24.8. The fourth-order valence-electron chi connectivity index (χ4n) is 3.43. The van der Waals surface area contributed by atoms with Gasteiger partial charge in [0.15, 0.2) is 11.6 Å². The van der Waals surface area contributed by atoms with E-state index >= 15 is 0 Å². The lowest BCUT2D eigenvalue weighted by Gasteiger charge is -2.23. The van der Waals surface area contributed by atoms with Crippen LogP contribution in [0.25, 0.3) is 11.4 Å². The Bertz CT molecular complexity index is 1130. The molecule has 1 saturated heterocycles. The van der Waals surface area contributed by atoms with Crippen molar-refractivity contribution in [1.29, 1.82) is 0 Å². The first-order valence-corrected chi connectivity index (χ1v) is 10.6. The molecule has 1 aliphatic rings. The second kappa shape index (κ2) is 9.10. The number of halogens is 1. The van der Waals surface area contributed by atoms with Crippen molar-refractivity contribution in [3.05, 3.63) is 47.7 Å². The zero-order valence-corrected chi connectivity index (χ0v) is 18.7. The molecule has 0 spiro atoms. The minimum Gasteiger partial charge on any atom is -0.447 e. The molecule has 0 saturated carbocycles. The Morgan fingerprint density at radius 1 is 1.18 bits per heavy atom. The molecule has 4 rings (SSSR count). The zero-order valence-electron chi connectivity index (χ0n) is 18.7. The number of aliphatic hydroxyl groups is 1. The molecule has 3 aromatic rings. The predicted octanol–water partition coefficient (Wildman–Crippen LogP) is 3.67. The minimum atomic E-state index is -0.937. The lowest BCUT2D eigenvalue weighted by atomic mass is 10.0. The normalized spacial score (nSPS) is 17.8. The Morgan fingerprint density at radius 3 is 2.58 bits per heavy atom. The number of carbonyl (C=O) groups excluding carboxylic acids is 1. The number of benzene rings is 1. The topological polar surface area (TPSA) is 127 Å². The van der Waals surface area contributed by atoms with Gasteiger partial charge in [0, 0.05) is 5.56 Å². The van der Waals surface area contributed by atoms with Crippen molar-refractivity contribution < 1.29 is 23.6 Å². The van der Waals surface area contributed by atoms with Gasteiger partial charge in [0.1, 0.15) is 18.7 Å². The van der Waals surface area contributed by atoms with Gasteiger partial charge in [0.25, 0.3) is 0 Å². The van der Waals surface area contributed by atoms with Crippen molar-refractivity contribution in [1.82, 2.24) is 20.1 Å². The maximum Gasteiger partial charge on any atom is 0.416 e. The first kappa shape index (κ1) is 22.6. The number of cyclic esters (lactones) is 1. The Hall–Kier alpha value is -3.60. The molecule has 1 aromatic carbocycles. The van der Waals surface area contributed by atoms with Gasteiger partial charge in [-0.25, -0.2) is 19.1 Å². The molecular formula is C22H25FN6O4. The number of carbonyl (C=O) groups is 1. The highest BCUT2D eigenvalue weighted by Gasteiger charge is 2.39. The van der Waals surface area contributed by atoms with E-state index in [0.29, 0.717) is 11.7 Å². The quantitative estimate of drug-likeness (QED) is 0.547. The van der Waals surface area contributed by atoms with Crippen LogP contribution in [0, 0.1) is 5.82 Å². The van der Waals surface area contributed by atoms with Crippen molar-refractivity contribution in [2.45, 2.75) is 51.8 Å². The monoisotopic (exact) mass is 456 g/mol. The van der Waals surface area contributed by atoms with Crippen LogP contribution in [0.3, 0.4) is 0 Å². The zero-order chi connectivity index (χ0) is 23.7. The van der Waals surface area contributed by atoms with Crippen LogP contribution in [-0.2, 0) is 4.74 Å². The van der Waals surface area contributed by atoms with Crippen LogP contribution in [-0.4, -0.2) is 50.1 Å². The predicted molar refractivity (Wildman–Crippen MR) is 117 cm³/mol. The number of ether oxygens (including phenoxy) is 1. The number of nitrogens with one attached hydrogen (secondary N) is 1. The second-order valence-electron chi connectivity index (χ2n) is 8.22. The van der Waals surface area contributed by atoms with Crippen molar-refractivity contribution in [3.63, 3.8) is 0 Å². The summed E-state index contributed by atoms with van der Waals surface area (Å²) in [5.74, 6) is 0.0863. The summed E-state index contributed by atoms with van der Waals surface area (Å²) in [6.45, 7) is 7.42. The van der Waals surface area contributed by atoms with E-state index in [1.165, 1.54) is 12.5 Å². The molecule has 10 nitrogen and oxygen atoms in total. The van der Waals surface area contributed by atoms with Crippen molar-refractivity contribution >= 4 is 17.9 Å². The van der Waals surface area contributed by atoms with Gasteiger partial charge in [-0.1, -0.05) is 43.3 Å². The average molecular weight is 456 g/mol. The molecule has 2 aromatic heterocycles. The van der Waals surface area contributed by atoms with Crippen LogP contribution < -0.4 is 10.2 Å². The van der Waals surface area contributed by atoms with Crippen molar-refractivity contribution in [2.75, 3.05) is 16.8 Å². The Morgan fingerprint density at radius 2 is 1.91 bits per heavy atom. The molecule has 3 heterocycles. The number of hydrogen-bond donors (Lipinski definition) is 2. The molecule has 1 aliphatic heterocycles. The van der Waals surface area contributed by atoms with Crippen LogP contribution in [0.1, 0.15) is 51.1 Å². The second-order valence-corrected chi connectivity index (χ2v) is 8.22. The summed E-state index contributed by atoms with van der Waals surface area (Å²) in [7, 11) is 0. The van der Waals surface area contributed by atoms with Gasteiger partial charge in [0.2, 0.25) is 17.7 Å². The van der Waals surface area contributed by atoms with E-state index in [0.717, 1.165) is 16.7 Å². The summed E-state index contributed by atoms with van der Waals surface area (Å²) in [5.41, 5.74) is 2.03. The van der Waals surface area contributed by atoms with E-state index in [9.17, 15) is 14.3 Å². The van der Waals surface area contributed by atoms with E-state index in [4.69, 9.17) is 9.26 Å². The fraction of sp³-hybridized carbons (Fsp3) is 0.409. The van der Waals surface area contributed by atoms with E-state index in [1.54, 1.807) is 6.92 Å². The summed E-state index contributed by atoms with van der Waals surface area (Å²) in [4.78, 5) is 25.6. The Kier molecular flexibility index (Phi) is 6.23. The molecule has 1 amide bonds. The van der Waals surface area contributed by atoms with E-state index < -0.39 is 30.1 Å². The van der Waals surface area contributed by atoms with Gasteiger partial charge >= 0.3 is 6.09 Å². The third kappa shape index (κ3) is 4.63. The van der Waals surface area contributed by atoms with Gasteiger partial charge in [-0.15, -0.1) is 0 Å². The molecule has 0 radical (unpaired) electrons. The lowest BCUT2D eigenvalue weighted by Crippen LogP contribution is -2.42. The van der Waals surface area contributed by atoms with Crippen molar-refractivity contribution in [2.24, 2.45) is 0 Å². The standard InChI is InChI=1S/C22H25FN6O4/c1-11(2)14-5-7-15(8-6-14)18-26-20(33-28-18)12(3)25-21-24-9-16(23)19(27-21)29-17(13(4)30)10-32-22(29)31/h5-9,11-13,17,30H,10H2,1-4H3,(H,24,25,27)/t12-,13-,17-/m1/s1. The number of nitrogens with zero attached hydrogens (tertiary/aromatic N) is 5. The first-order chi connectivity index (χ1) is 15.7. The first-order valence-electron chi connectivity index (χ1n) is 10.6. The van der Waals surface area contributed by atoms with Crippen LogP contribution in [0.15, 0.2) is 35.0 Å². The van der Waals surface area contributed by atoms with Crippen LogP contribution >= 0.6 is 0 Å². The fourth-order valence-corrected chi connectivity index (χ4v) is 3.43. The number of aliphatic hydroxyl groups excluding tert-OH is 1. The summed E-state index contributed by atoms with van der Waals surface area (Å²) in [6.07, 6.45) is -0.785. The highest BCUT2D eigenvalue weighted by molar-refractivity contribution is 5.89. The van der Waals surface area contributed by atoms with Gasteiger partial charge in [-0.3, -0.25) is 0 Å². The summed E-state index contributed by atoms with van der Waals surface area (Å²) >= 11 is 0. The van der Waals surface area contributed by atoms with Gasteiger partial charge in [-0.2, -0.15) is 9.97 Å². The molecule has 1 fully saturated rings. The third-order valence-corrected chi connectivity index (χ3v) is 5.41. The van der Waals surface area contributed by atoms with Gasteiger partial charge < -0.3 is 19.7 Å². The number of aromatic nitrogens is 4. The van der Waals surface area contributed by atoms with Crippen molar-refractivity contribution in [3.8, 4) is 11.4 Å². The molecule has 0 unspecified atom stereocenters. The molecular weight excluding hydrogens is 431 g/mol. The van der Waals surface area contributed by atoms with E-state index in [1.807, 2.05) is 24.3 Å².